The molecule has 1 aromatic carbocycles. The van der Waals surface area contributed by atoms with Crippen LogP contribution in [0.25, 0.3) is 0 Å². The van der Waals surface area contributed by atoms with E-state index < -0.39 is 0 Å². The second-order valence-corrected chi connectivity index (χ2v) is 8.39. The molecule has 152 valence electrons. The first-order valence-electron chi connectivity index (χ1n) is 10.00. The molecular weight excluding hydrogens is 388 g/mol. The number of amides is 3. The molecule has 6 nitrogen and oxygen atoms in total. The molecule has 3 amide bonds. The number of rotatable bonds is 7. The minimum absolute atomic E-state index is 0.0712. The van der Waals surface area contributed by atoms with Gasteiger partial charge in [-0.05, 0) is 42.8 Å². The van der Waals surface area contributed by atoms with Crippen LogP contribution >= 0.6 is 11.3 Å². The van der Waals surface area contributed by atoms with Crippen LogP contribution in [0.4, 0.5) is 0 Å². The van der Waals surface area contributed by atoms with Crippen LogP contribution in [0.1, 0.15) is 51.3 Å². The number of hydrogen-bond donors (Lipinski definition) is 0. The molecule has 0 radical (unpaired) electrons. The van der Waals surface area contributed by atoms with Gasteiger partial charge in [-0.15, -0.1) is 11.3 Å². The lowest BCUT2D eigenvalue weighted by Crippen LogP contribution is -2.43. The fourth-order valence-corrected chi connectivity index (χ4v) is 4.67. The lowest BCUT2D eigenvalue weighted by atomic mass is 10.1. The minimum Gasteiger partial charge on any atom is -0.381 e. The average molecular weight is 413 g/mol. The molecule has 2 aromatic rings. The van der Waals surface area contributed by atoms with Crippen LogP contribution in [-0.2, 0) is 16.1 Å². The van der Waals surface area contributed by atoms with Crippen LogP contribution in [0.2, 0.25) is 0 Å². The van der Waals surface area contributed by atoms with E-state index in [-0.39, 0.29) is 30.3 Å². The summed E-state index contributed by atoms with van der Waals surface area (Å²) in [7, 11) is 0. The molecule has 1 fully saturated rings. The summed E-state index contributed by atoms with van der Waals surface area (Å²) in [5.41, 5.74) is 0.899. The largest absolute Gasteiger partial charge is 0.381 e. The molecule has 3 heterocycles. The van der Waals surface area contributed by atoms with E-state index in [9.17, 15) is 14.4 Å². The lowest BCUT2D eigenvalue weighted by molar-refractivity contribution is -0.136. The molecule has 0 atom stereocenters. The fourth-order valence-electron chi connectivity index (χ4n) is 3.96. The van der Waals surface area contributed by atoms with E-state index in [1.165, 1.54) is 4.90 Å². The number of imide groups is 1. The van der Waals surface area contributed by atoms with Gasteiger partial charge in [0.25, 0.3) is 11.8 Å². The summed E-state index contributed by atoms with van der Waals surface area (Å²) in [5.74, 6) is -0.460. The Morgan fingerprint density at radius 3 is 2.38 bits per heavy atom. The molecule has 0 bridgehead atoms. The van der Waals surface area contributed by atoms with Crippen LogP contribution in [-0.4, -0.2) is 53.3 Å². The van der Waals surface area contributed by atoms with Crippen molar-refractivity contribution in [2.24, 2.45) is 0 Å². The molecule has 1 saturated heterocycles. The van der Waals surface area contributed by atoms with E-state index in [4.69, 9.17) is 4.74 Å². The predicted molar refractivity (Wildman–Crippen MR) is 110 cm³/mol. The van der Waals surface area contributed by atoms with Crippen molar-refractivity contribution < 1.29 is 19.1 Å². The Kier molecular flexibility index (Phi) is 6.06. The Morgan fingerprint density at radius 1 is 1.07 bits per heavy atom. The molecule has 0 aliphatic carbocycles. The lowest BCUT2D eigenvalue weighted by Gasteiger charge is -2.34. The molecule has 0 spiro atoms. The van der Waals surface area contributed by atoms with Gasteiger partial charge in [0.05, 0.1) is 17.7 Å². The first-order chi connectivity index (χ1) is 14.1. The third kappa shape index (κ3) is 4.26. The number of carbonyl (C=O) groups excluding carboxylic acids is 3. The van der Waals surface area contributed by atoms with Crippen molar-refractivity contribution in [3.8, 4) is 0 Å². The van der Waals surface area contributed by atoms with Crippen LogP contribution in [0, 0.1) is 0 Å². The summed E-state index contributed by atoms with van der Waals surface area (Å²) in [4.78, 5) is 42.3. The number of hydrogen-bond acceptors (Lipinski definition) is 5. The van der Waals surface area contributed by atoms with Gasteiger partial charge in [-0.2, -0.15) is 0 Å². The van der Waals surface area contributed by atoms with Crippen molar-refractivity contribution in [2.45, 2.75) is 38.3 Å². The summed E-state index contributed by atoms with van der Waals surface area (Å²) in [6.07, 6.45) is 2.47. The highest BCUT2D eigenvalue weighted by molar-refractivity contribution is 7.09. The van der Waals surface area contributed by atoms with Gasteiger partial charge < -0.3 is 9.64 Å². The van der Waals surface area contributed by atoms with Crippen molar-refractivity contribution in [2.75, 3.05) is 19.8 Å². The molecule has 7 heteroatoms. The highest BCUT2D eigenvalue weighted by atomic mass is 32.1. The van der Waals surface area contributed by atoms with Crippen molar-refractivity contribution in [3.63, 3.8) is 0 Å². The van der Waals surface area contributed by atoms with Crippen LogP contribution in [0.5, 0.6) is 0 Å². The summed E-state index contributed by atoms with van der Waals surface area (Å²) in [6, 6.07) is 11.1. The monoisotopic (exact) mass is 412 g/mol. The summed E-state index contributed by atoms with van der Waals surface area (Å²) in [5, 5.41) is 2.02. The van der Waals surface area contributed by atoms with Gasteiger partial charge >= 0.3 is 0 Å². The third-order valence-corrected chi connectivity index (χ3v) is 6.37. The van der Waals surface area contributed by atoms with Gasteiger partial charge in [-0.1, -0.05) is 18.2 Å². The van der Waals surface area contributed by atoms with E-state index in [1.54, 1.807) is 35.6 Å². The highest BCUT2D eigenvalue weighted by Gasteiger charge is 2.35. The van der Waals surface area contributed by atoms with E-state index in [1.807, 2.05) is 22.4 Å². The van der Waals surface area contributed by atoms with Crippen molar-refractivity contribution in [1.82, 2.24) is 9.80 Å². The average Bonchev–Trinajstić information content (AvgIpc) is 3.35. The molecular formula is C22H24N2O4S. The number of carbonyl (C=O) groups is 3. The number of benzene rings is 1. The molecule has 29 heavy (non-hydrogen) atoms. The summed E-state index contributed by atoms with van der Waals surface area (Å²) in [6.45, 7) is 2.22. The molecule has 0 unspecified atom stereocenters. The fraction of sp³-hybridized carbons (Fsp3) is 0.409. The zero-order valence-electron chi connectivity index (χ0n) is 16.2. The van der Waals surface area contributed by atoms with Gasteiger partial charge in [-0.25, -0.2) is 0 Å². The summed E-state index contributed by atoms with van der Waals surface area (Å²) >= 11 is 1.65. The smallest absolute Gasteiger partial charge is 0.261 e. The van der Waals surface area contributed by atoms with E-state index >= 15 is 0 Å². The number of thiophene rings is 1. The van der Waals surface area contributed by atoms with Gasteiger partial charge in [0, 0.05) is 37.1 Å². The number of fused-ring (bicyclic) bond motifs is 1. The topological polar surface area (TPSA) is 66.9 Å². The van der Waals surface area contributed by atoms with Gasteiger partial charge in [-0.3, -0.25) is 19.3 Å². The molecule has 0 N–H and O–H groups in total. The van der Waals surface area contributed by atoms with E-state index in [0.29, 0.717) is 43.7 Å². The number of ether oxygens (including phenoxy) is 1. The molecule has 4 rings (SSSR count). The normalized spacial score (nSPS) is 16.9. The maximum atomic E-state index is 13.0. The van der Waals surface area contributed by atoms with Gasteiger partial charge in [0.2, 0.25) is 5.91 Å². The third-order valence-electron chi connectivity index (χ3n) is 5.51. The second kappa shape index (κ2) is 8.88. The Bertz CT molecular complexity index is 855. The van der Waals surface area contributed by atoms with Crippen molar-refractivity contribution >= 4 is 29.1 Å². The van der Waals surface area contributed by atoms with Crippen LogP contribution in [0.15, 0.2) is 41.8 Å². The van der Waals surface area contributed by atoms with E-state index in [2.05, 4.69) is 0 Å². The maximum Gasteiger partial charge on any atom is 0.261 e. The van der Waals surface area contributed by atoms with Gasteiger partial charge in [0.1, 0.15) is 0 Å². The molecule has 0 saturated carbocycles. The van der Waals surface area contributed by atoms with Crippen LogP contribution < -0.4 is 0 Å². The molecule has 2 aliphatic heterocycles. The highest BCUT2D eigenvalue weighted by Crippen LogP contribution is 2.24. The predicted octanol–water partition coefficient (Wildman–Crippen LogP) is 3.33. The van der Waals surface area contributed by atoms with Crippen LogP contribution in [0.3, 0.4) is 0 Å². The number of nitrogens with zero attached hydrogens (tertiary/aromatic N) is 2. The SMILES string of the molecule is O=C1c2ccccc2C(=O)N1CCCC(=O)N(Cc1cccs1)C1CCOCC1. The molecule has 2 aliphatic rings. The Labute approximate surface area is 174 Å². The Balaban J connectivity index is 1.37. The van der Waals surface area contributed by atoms with Gasteiger partial charge in [0.15, 0.2) is 0 Å². The van der Waals surface area contributed by atoms with Crippen molar-refractivity contribution in [3.05, 3.63) is 57.8 Å². The van der Waals surface area contributed by atoms with E-state index in [0.717, 1.165) is 17.7 Å². The quantitative estimate of drug-likeness (QED) is 0.654. The molecule has 1 aromatic heterocycles. The summed E-state index contributed by atoms with van der Waals surface area (Å²) < 4.78 is 5.45. The van der Waals surface area contributed by atoms with Crippen molar-refractivity contribution in [1.29, 1.82) is 0 Å². The minimum atomic E-state index is -0.266. The maximum absolute atomic E-state index is 13.0. The Hall–Kier alpha value is -2.51. The Morgan fingerprint density at radius 2 is 1.76 bits per heavy atom. The first-order valence-corrected chi connectivity index (χ1v) is 10.9. The zero-order valence-corrected chi connectivity index (χ0v) is 17.0. The standard InChI is InChI=1S/C22H24N2O4S/c25-20(24(15-17-5-4-14-29-17)16-9-12-28-13-10-16)8-3-11-23-21(26)18-6-1-2-7-19(18)22(23)27/h1-2,4-7,14,16H,3,8-13,15H2. The zero-order chi connectivity index (χ0) is 20.2. The first kappa shape index (κ1) is 19.8. The second-order valence-electron chi connectivity index (χ2n) is 7.36.